The number of primary amides is 1. The number of fused-ring (bicyclic) bond motifs is 1. The Morgan fingerprint density at radius 1 is 1.37 bits per heavy atom. The third-order valence-electron chi connectivity index (χ3n) is 2.71. The Kier molecular flexibility index (Phi) is 4.11. The average molecular weight is 277 g/mol. The summed E-state index contributed by atoms with van der Waals surface area (Å²) >= 11 is 1.59. The second-order valence-electron chi connectivity index (χ2n) is 4.29. The molecule has 6 heteroatoms. The van der Waals surface area contributed by atoms with Gasteiger partial charge in [-0.1, -0.05) is 12.1 Å². The molecule has 0 atom stereocenters. The maximum absolute atomic E-state index is 11.8. The fourth-order valence-electron chi connectivity index (χ4n) is 1.75. The van der Waals surface area contributed by atoms with Crippen LogP contribution in [0.2, 0.25) is 0 Å². The van der Waals surface area contributed by atoms with Crippen molar-refractivity contribution in [1.82, 2.24) is 9.88 Å². The highest BCUT2D eigenvalue weighted by atomic mass is 32.1. The second kappa shape index (κ2) is 5.79. The molecule has 0 bridgehead atoms. The van der Waals surface area contributed by atoms with Crippen LogP contribution >= 0.6 is 11.3 Å². The zero-order valence-electron chi connectivity index (χ0n) is 10.6. The summed E-state index contributed by atoms with van der Waals surface area (Å²) in [6.45, 7) is -0.0430. The number of benzene rings is 1. The first-order valence-corrected chi connectivity index (χ1v) is 6.74. The summed E-state index contributed by atoms with van der Waals surface area (Å²) in [5, 5.41) is 0.932. The molecule has 0 aliphatic carbocycles. The maximum atomic E-state index is 11.8. The quantitative estimate of drug-likeness (QED) is 0.891. The van der Waals surface area contributed by atoms with Crippen LogP contribution in [0.5, 0.6) is 0 Å². The van der Waals surface area contributed by atoms with Gasteiger partial charge in [0.1, 0.15) is 0 Å². The van der Waals surface area contributed by atoms with E-state index in [-0.39, 0.29) is 12.5 Å². The summed E-state index contributed by atoms with van der Waals surface area (Å²) in [5.41, 5.74) is 6.01. The molecule has 0 aliphatic rings. The van der Waals surface area contributed by atoms with E-state index < -0.39 is 5.91 Å². The number of thiazole rings is 1. The van der Waals surface area contributed by atoms with E-state index in [1.54, 1.807) is 18.4 Å². The first-order chi connectivity index (χ1) is 9.06. The number of aromatic nitrogens is 1. The molecule has 0 radical (unpaired) electrons. The molecule has 1 aromatic heterocycles. The molecule has 0 fully saturated rings. The predicted octanol–water partition coefficient (Wildman–Crippen LogP) is 1.17. The zero-order chi connectivity index (χ0) is 13.8. The van der Waals surface area contributed by atoms with Gasteiger partial charge in [0.05, 0.1) is 21.8 Å². The van der Waals surface area contributed by atoms with Gasteiger partial charge in [-0.25, -0.2) is 4.98 Å². The van der Waals surface area contributed by atoms with Crippen LogP contribution in [-0.2, 0) is 16.0 Å². The highest BCUT2D eigenvalue weighted by molar-refractivity contribution is 7.18. The van der Waals surface area contributed by atoms with E-state index in [1.165, 1.54) is 4.90 Å². The predicted molar refractivity (Wildman–Crippen MR) is 74.8 cm³/mol. The van der Waals surface area contributed by atoms with Crippen molar-refractivity contribution in [3.05, 3.63) is 29.3 Å². The minimum atomic E-state index is -0.504. The van der Waals surface area contributed by atoms with Gasteiger partial charge in [0.15, 0.2) is 0 Å². The fourth-order valence-corrected chi connectivity index (χ4v) is 2.72. The smallest absolute Gasteiger partial charge is 0.237 e. The van der Waals surface area contributed by atoms with E-state index in [4.69, 9.17) is 5.73 Å². The molecule has 2 rings (SSSR count). The maximum Gasteiger partial charge on any atom is 0.237 e. The van der Waals surface area contributed by atoms with Crippen LogP contribution in [-0.4, -0.2) is 35.3 Å². The number of aryl methyl sites for hydroxylation is 1. The topological polar surface area (TPSA) is 76.3 Å². The third-order valence-corrected chi connectivity index (χ3v) is 3.81. The van der Waals surface area contributed by atoms with Crippen molar-refractivity contribution in [2.24, 2.45) is 5.73 Å². The lowest BCUT2D eigenvalue weighted by atomic mass is 10.3. The van der Waals surface area contributed by atoms with Gasteiger partial charge < -0.3 is 10.6 Å². The van der Waals surface area contributed by atoms with Crippen LogP contribution in [0, 0.1) is 0 Å². The van der Waals surface area contributed by atoms with Crippen molar-refractivity contribution < 1.29 is 9.59 Å². The van der Waals surface area contributed by atoms with Crippen LogP contribution in [0.3, 0.4) is 0 Å². The molecule has 1 heterocycles. The van der Waals surface area contributed by atoms with Crippen LogP contribution in [0.4, 0.5) is 0 Å². The standard InChI is InChI=1S/C13H15N3O2S/c1-16(8-11(14)17)13(18)7-6-12-15-9-4-2-3-5-10(9)19-12/h2-5H,6-8H2,1H3,(H2,14,17). The molecule has 0 saturated carbocycles. The van der Waals surface area contributed by atoms with E-state index in [2.05, 4.69) is 4.98 Å². The van der Waals surface area contributed by atoms with Gasteiger partial charge in [-0.2, -0.15) is 0 Å². The number of hydrogen-bond acceptors (Lipinski definition) is 4. The third kappa shape index (κ3) is 3.51. The van der Waals surface area contributed by atoms with E-state index in [1.807, 2.05) is 24.3 Å². The normalized spacial score (nSPS) is 10.6. The summed E-state index contributed by atoms with van der Waals surface area (Å²) in [5.74, 6) is -0.603. The number of amides is 2. The Morgan fingerprint density at radius 2 is 2.11 bits per heavy atom. The first-order valence-electron chi connectivity index (χ1n) is 5.93. The summed E-state index contributed by atoms with van der Waals surface area (Å²) in [7, 11) is 1.57. The van der Waals surface area contributed by atoms with Crippen LogP contribution < -0.4 is 5.73 Å². The highest BCUT2D eigenvalue weighted by Gasteiger charge is 2.12. The Balaban J connectivity index is 1.94. The van der Waals surface area contributed by atoms with Gasteiger partial charge in [-0.3, -0.25) is 9.59 Å². The molecular weight excluding hydrogens is 262 g/mol. The van der Waals surface area contributed by atoms with Gasteiger partial charge in [-0.05, 0) is 12.1 Å². The Labute approximate surface area is 115 Å². The van der Waals surface area contributed by atoms with Gasteiger partial charge in [0, 0.05) is 19.9 Å². The van der Waals surface area contributed by atoms with E-state index >= 15 is 0 Å². The summed E-state index contributed by atoms with van der Waals surface area (Å²) in [4.78, 5) is 28.3. The molecule has 19 heavy (non-hydrogen) atoms. The molecule has 0 saturated heterocycles. The van der Waals surface area contributed by atoms with Crippen molar-refractivity contribution in [3.8, 4) is 0 Å². The lowest BCUT2D eigenvalue weighted by Crippen LogP contribution is -2.35. The molecule has 0 spiro atoms. The Hall–Kier alpha value is -1.95. The number of likely N-dealkylation sites (N-methyl/N-ethyl adjacent to an activating group) is 1. The number of para-hydroxylation sites is 1. The van der Waals surface area contributed by atoms with Crippen molar-refractivity contribution in [2.75, 3.05) is 13.6 Å². The fraction of sp³-hybridized carbons (Fsp3) is 0.308. The number of hydrogen-bond donors (Lipinski definition) is 1. The minimum Gasteiger partial charge on any atom is -0.368 e. The van der Waals surface area contributed by atoms with Crippen LogP contribution in [0.25, 0.3) is 10.2 Å². The Bertz CT molecular complexity index is 576. The molecule has 0 aliphatic heterocycles. The Morgan fingerprint density at radius 3 is 2.79 bits per heavy atom. The molecule has 100 valence electrons. The lowest BCUT2D eigenvalue weighted by molar-refractivity contribution is -0.133. The average Bonchev–Trinajstić information content (AvgIpc) is 2.77. The van der Waals surface area contributed by atoms with Crippen molar-refractivity contribution >= 4 is 33.4 Å². The second-order valence-corrected chi connectivity index (χ2v) is 5.41. The number of carbonyl (C=O) groups excluding carboxylic acids is 2. The van der Waals surface area contributed by atoms with Crippen molar-refractivity contribution in [2.45, 2.75) is 12.8 Å². The largest absolute Gasteiger partial charge is 0.368 e. The molecular formula is C13H15N3O2S. The van der Waals surface area contributed by atoms with E-state index in [0.717, 1.165) is 15.2 Å². The van der Waals surface area contributed by atoms with Crippen LogP contribution in [0.1, 0.15) is 11.4 Å². The number of nitrogens with zero attached hydrogens (tertiary/aromatic N) is 2. The summed E-state index contributed by atoms with van der Waals surface area (Å²) in [6.07, 6.45) is 0.922. The SMILES string of the molecule is CN(CC(N)=O)C(=O)CCc1nc2ccccc2s1. The van der Waals surface area contributed by atoms with E-state index in [0.29, 0.717) is 12.8 Å². The van der Waals surface area contributed by atoms with Crippen molar-refractivity contribution in [1.29, 1.82) is 0 Å². The van der Waals surface area contributed by atoms with Gasteiger partial charge >= 0.3 is 0 Å². The first kappa shape index (κ1) is 13.5. The van der Waals surface area contributed by atoms with Crippen LogP contribution in [0.15, 0.2) is 24.3 Å². The van der Waals surface area contributed by atoms with Gasteiger partial charge in [-0.15, -0.1) is 11.3 Å². The lowest BCUT2D eigenvalue weighted by Gasteiger charge is -2.14. The van der Waals surface area contributed by atoms with Gasteiger partial charge in [0.2, 0.25) is 11.8 Å². The number of nitrogens with two attached hydrogens (primary N) is 1. The molecule has 5 nitrogen and oxygen atoms in total. The number of rotatable bonds is 5. The monoisotopic (exact) mass is 277 g/mol. The summed E-state index contributed by atoms with van der Waals surface area (Å²) < 4.78 is 1.12. The zero-order valence-corrected chi connectivity index (χ0v) is 11.4. The van der Waals surface area contributed by atoms with Crippen molar-refractivity contribution in [3.63, 3.8) is 0 Å². The molecule has 2 N–H and O–H groups in total. The molecule has 2 aromatic rings. The summed E-state index contributed by atoms with van der Waals surface area (Å²) in [6, 6.07) is 7.88. The van der Waals surface area contributed by atoms with Gasteiger partial charge in [0.25, 0.3) is 0 Å². The van der Waals surface area contributed by atoms with E-state index in [9.17, 15) is 9.59 Å². The number of carbonyl (C=O) groups is 2. The molecule has 2 amide bonds. The molecule has 1 aromatic carbocycles. The minimum absolute atomic E-state index is 0.0430. The molecule has 0 unspecified atom stereocenters. The highest BCUT2D eigenvalue weighted by Crippen LogP contribution is 2.22.